The van der Waals surface area contributed by atoms with E-state index in [9.17, 15) is 4.79 Å². The van der Waals surface area contributed by atoms with Gasteiger partial charge in [-0.2, -0.15) is 5.26 Å². The third-order valence-corrected chi connectivity index (χ3v) is 3.00. The molecule has 0 bridgehead atoms. The zero-order valence-electron chi connectivity index (χ0n) is 10.7. The number of aryl methyl sites for hydroxylation is 1. The maximum absolute atomic E-state index is 11.3. The Labute approximate surface area is 113 Å². The highest BCUT2D eigenvalue weighted by atomic mass is 16.1. The number of nitrogens with zero attached hydrogens (tertiary/aromatic N) is 1. The van der Waals surface area contributed by atoms with Crippen LogP contribution in [0.15, 0.2) is 54.6 Å². The van der Waals surface area contributed by atoms with E-state index in [1.807, 2.05) is 36.4 Å². The van der Waals surface area contributed by atoms with Gasteiger partial charge in [0.05, 0.1) is 12.5 Å². The summed E-state index contributed by atoms with van der Waals surface area (Å²) in [4.78, 5) is 11.3. The minimum atomic E-state index is 0.00705. The quantitative estimate of drug-likeness (QED) is 0.809. The summed E-state index contributed by atoms with van der Waals surface area (Å²) in [6, 6.07) is 20.2. The van der Waals surface area contributed by atoms with Crippen molar-refractivity contribution in [2.45, 2.75) is 19.3 Å². The van der Waals surface area contributed by atoms with Gasteiger partial charge in [0, 0.05) is 6.42 Å². The Morgan fingerprint density at radius 2 is 1.74 bits per heavy atom. The van der Waals surface area contributed by atoms with Crippen molar-refractivity contribution in [2.24, 2.45) is 0 Å². The molecule has 0 aliphatic heterocycles. The summed E-state index contributed by atoms with van der Waals surface area (Å²) in [7, 11) is 0. The fourth-order valence-electron chi connectivity index (χ4n) is 2.00. The number of carbonyl (C=O) groups is 1. The molecule has 2 nitrogen and oxygen atoms in total. The summed E-state index contributed by atoms with van der Waals surface area (Å²) in [5.41, 5.74) is 3.46. The van der Waals surface area contributed by atoms with Crippen LogP contribution in [0.25, 0.3) is 11.1 Å². The van der Waals surface area contributed by atoms with Crippen LogP contribution in [0.1, 0.15) is 18.4 Å². The third kappa shape index (κ3) is 3.79. The summed E-state index contributed by atoms with van der Waals surface area (Å²) < 4.78 is 0. The van der Waals surface area contributed by atoms with Gasteiger partial charge in [-0.05, 0) is 23.1 Å². The second-order valence-corrected chi connectivity index (χ2v) is 4.44. The number of nitriles is 1. The van der Waals surface area contributed by atoms with Crippen LogP contribution in [-0.2, 0) is 11.2 Å². The molecular formula is C17H15NO. The van der Waals surface area contributed by atoms with Gasteiger partial charge in [-0.3, -0.25) is 4.79 Å². The smallest absolute Gasteiger partial charge is 0.147 e. The second-order valence-electron chi connectivity index (χ2n) is 4.44. The van der Waals surface area contributed by atoms with Crippen LogP contribution in [-0.4, -0.2) is 5.78 Å². The Morgan fingerprint density at radius 3 is 2.47 bits per heavy atom. The minimum Gasteiger partial charge on any atom is -0.299 e. The molecule has 0 fully saturated rings. The summed E-state index contributed by atoms with van der Waals surface area (Å²) in [6.45, 7) is 0. The molecule has 0 heterocycles. The maximum Gasteiger partial charge on any atom is 0.147 e. The molecule has 0 unspecified atom stereocenters. The van der Waals surface area contributed by atoms with Gasteiger partial charge in [-0.15, -0.1) is 0 Å². The molecule has 0 aliphatic rings. The molecule has 2 aromatic carbocycles. The zero-order chi connectivity index (χ0) is 13.5. The standard InChI is InChI=1S/C17H15NO/c18-12-11-17(19)10-9-14-5-4-8-16(13-14)15-6-2-1-3-7-15/h1-8,13H,9-11H2. The van der Waals surface area contributed by atoms with Crippen molar-refractivity contribution >= 4 is 5.78 Å². The van der Waals surface area contributed by atoms with Crippen molar-refractivity contribution in [3.05, 3.63) is 60.2 Å². The lowest BCUT2D eigenvalue weighted by Crippen LogP contribution is -1.98. The van der Waals surface area contributed by atoms with E-state index in [0.717, 1.165) is 11.1 Å². The lowest BCUT2D eigenvalue weighted by Gasteiger charge is -2.05. The van der Waals surface area contributed by atoms with Gasteiger partial charge in [0.2, 0.25) is 0 Å². The van der Waals surface area contributed by atoms with Crippen LogP contribution >= 0.6 is 0 Å². The highest BCUT2D eigenvalue weighted by molar-refractivity contribution is 5.80. The van der Waals surface area contributed by atoms with E-state index in [1.54, 1.807) is 0 Å². The number of hydrogen-bond donors (Lipinski definition) is 0. The third-order valence-electron chi connectivity index (χ3n) is 3.00. The Hall–Kier alpha value is -2.40. The summed E-state index contributed by atoms with van der Waals surface area (Å²) >= 11 is 0. The molecule has 0 spiro atoms. The fourth-order valence-corrected chi connectivity index (χ4v) is 2.00. The van der Waals surface area contributed by atoms with Gasteiger partial charge in [0.15, 0.2) is 0 Å². The second kappa shape index (κ2) is 6.51. The lowest BCUT2D eigenvalue weighted by molar-refractivity contribution is -0.118. The molecule has 0 amide bonds. The SMILES string of the molecule is N#CCC(=O)CCc1cccc(-c2ccccc2)c1. The first-order valence-corrected chi connectivity index (χ1v) is 6.32. The Morgan fingerprint density at radius 1 is 1.00 bits per heavy atom. The van der Waals surface area contributed by atoms with Gasteiger partial charge >= 0.3 is 0 Å². The first-order valence-electron chi connectivity index (χ1n) is 6.32. The summed E-state index contributed by atoms with van der Waals surface area (Å²) in [5, 5.41) is 8.46. The molecule has 94 valence electrons. The molecule has 0 saturated heterocycles. The highest BCUT2D eigenvalue weighted by Gasteiger charge is 2.03. The van der Waals surface area contributed by atoms with E-state index in [-0.39, 0.29) is 12.2 Å². The van der Waals surface area contributed by atoms with Crippen molar-refractivity contribution in [1.82, 2.24) is 0 Å². The van der Waals surface area contributed by atoms with Crippen LogP contribution in [0.4, 0.5) is 0 Å². The number of benzene rings is 2. The highest BCUT2D eigenvalue weighted by Crippen LogP contribution is 2.20. The van der Waals surface area contributed by atoms with Crippen LogP contribution < -0.4 is 0 Å². The zero-order valence-corrected chi connectivity index (χ0v) is 10.7. The number of hydrogen-bond acceptors (Lipinski definition) is 2. The Balaban J connectivity index is 2.08. The molecule has 0 saturated carbocycles. The van der Waals surface area contributed by atoms with Gasteiger partial charge in [-0.1, -0.05) is 54.6 Å². The van der Waals surface area contributed by atoms with E-state index in [4.69, 9.17) is 5.26 Å². The molecule has 0 radical (unpaired) electrons. The van der Waals surface area contributed by atoms with Crippen LogP contribution in [0.3, 0.4) is 0 Å². The van der Waals surface area contributed by atoms with Crippen molar-refractivity contribution in [1.29, 1.82) is 5.26 Å². The summed E-state index contributed by atoms with van der Waals surface area (Å²) in [6.07, 6.45) is 1.14. The van der Waals surface area contributed by atoms with Crippen LogP contribution in [0.5, 0.6) is 0 Å². The van der Waals surface area contributed by atoms with Crippen molar-refractivity contribution in [3.63, 3.8) is 0 Å². The molecule has 2 aromatic rings. The van der Waals surface area contributed by atoms with Gasteiger partial charge in [0.25, 0.3) is 0 Å². The first-order chi connectivity index (χ1) is 9.29. The number of Topliss-reactive ketones (excluding diaryl/α,β-unsaturated/α-hetero) is 1. The van der Waals surface area contributed by atoms with E-state index in [0.29, 0.717) is 12.8 Å². The van der Waals surface area contributed by atoms with Crippen molar-refractivity contribution in [2.75, 3.05) is 0 Å². The molecular weight excluding hydrogens is 234 g/mol. The molecule has 0 aromatic heterocycles. The average molecular weight is 249 g/mol. The number of ketones is 1. The number of rotatable bonds is 5. The Bertz CT molecular complexity index is 596. The monoisotopic (exact) mass is 249 g/mol. The molecule has 0 atom stereocenters. The molecule has 2 heteroatoms. The van der Waals surface area contributed by atoms with Crippen LogP contribution in [0.2, 0.25) is 0 Å². The Kier molecular flexibility index (Phi) is 4.47. The predicted octanol–water partition coefficient (Wildman–Crippen LogP) is 3.77. The molecule has 19 heavy (non-hydrogen) atoms. The van der Waals surface area contributed by atoms with E-state index in [2.05, 4.69) is 24.3 Å². The summed E-state index contributed by atoms with van der Waals surface area (Å²) in [5.74, 6) is 0.00705. The predicted molar refractivity (Wildman–Crippen MR) is 75.4 cm³/mol. The first kappa shape index (κ1) is 13.0. The average Bonchev–Trinajstić information content (AvgIpc) is 2.47. The lowest BCUT2D eigenvalue weighted by atomic mass is 10.00. The number of carbonyl (C=O) groups excluding carboxylic acids is 1. The molecule has 2 rings (SSSR count). The van der Waals surface area contributed by atoms with Crippen molar-refractivity contribution < 1.29 is 4.79 Å². The largest absolute Gasteiger partial charge is 0.299 e. The molecule has 0 aliphatic carbocycles. The van der Waals surface area contributed by atoms with E-state index >= 15 is 0 Å². The van der Waals surface area contributed by atoms with Gasteiger partial charge < -0.3 is 0 Å². The van der Waals surface area contributed by atoms with Crippen molar-refractivity contribution in [3.8, 4) is 17.2 Å². The topological polar surface area (TPSA) is 40.9 Å². The maximum atomic E-state index is 11.3. The van der Waals surface area contributed by atoms with E-state index in [1.165, 1.54) is 5.56 Å². The minimum absolute atomic E-state index is 0.00705. The normalized spacial score (nSPS) is 9.84. The van der Waals surface area contributed by atoms with E-state index < -0.39 is 0 Å². The van der Waals surface area contributed by atoms with Crippen LogP contribution in [0, 0.1) is 11.3 Å². The molecule has 0 N–H and O–H groups in total. The van der Waals surface area contributed by atoms with Gasteiger partial charge in [-0.25, -0.2) is 0 Å². The fraction of sp³-hybridized carbons (Fsp3) is 0.176. The van der Waals surface area contributed by atoms with Gasteiger partial charge in [0.1, 0.15) is 5.78 Å².